The molecule has 0 atom stereocenters. The molecule has 1 aliphatic carbocycles. The number of hydrogen-bond donors (Lipinski definition) is 1. The first kappa shape index (κ1) is 13.4. The third-order valence-corrected chi connectivity index (χ3v) is 4.23. The number of ketones is 2. The summed E-state index contributed by atoms with van der Waals surface area (Å²) < 4.78 is 0. The highest BCUT2D eigenvalue weighted by Gasteiger charge is 2.33. The van der Waals surface area contributed by atoms with Gasteiger partial charge in [-0.1, -0.05) is 34.8 Å². The molecule has 0 aromatic heterocycles. The van der Waals surface area contributed by atoms with Gasteiger partial charge in [0.05, 0.1) is 26.2 Å². The molecule has 0 radical (unpaired) electrons. The molecule has 2 aromatic carbocycles. The molecule has 100 valence electrons. The number of nitrogens with two attached hydrogens (primary N) is 1. The van der Waals surface area contributed by atoms with Crippen LogP contribution < -0.4 is 5.73 Å². The van der Waals surface area contributed by atoms with Crippen LogP contribution in [0.2, 0.25) is 15.1 Å². The topological polar surface area (TPSA) is 60.2 Å². The SMILES string of the molecule is Nc1ccc(Cl)c2c1C(=O)c1cc(Cl)c(Cl)cc1C2=O. The fourth-order valence-corrected chi connectivity index (χ4v) is 2.82. The quantitative estimate of drug-likeness (QED) is 0.635. The molecule has 0 heterocycles. The number of benzene rings is 2. The molecule has 2 N–H and O–H groups in total. The molecule has 0 saturated carbocycles. The first-order valence-corrected chi connectivity index (χ1v) is 6.71. The lowest BCUT2D eigenvalue weighted by Crippen LogP contribution is -2.23. The first-order valence-electron chi connectivity index (χ1n) is 5.58. The molecule has 6 heteroatoms. The molecule has 0 amide bonds. The molecule has 20 heavy (non-hydrogen) atoms. The van der Waals surface area contributed by atoms with Crippen LogP contribution in [0.3, 0.4) is 0 Å². The molecule has 0 saturated heterocycles. The molecular weight excluding hydrogens is 321 g/mol. The highest BCUT2D eigenvalue weighted by Crippen LogP contribution is 2.37. The van der Waals surface area contributed by atoms with E-state index < -0.39 is 0 Å². The monoisotopic (exact) mass is 325 g/mol. The second kappa shape index (κ2) is 4.48. The minimum absolute atomic E-state index is 0.113. The van der Waals surface area contributed by atoms with Crippen LogP contribution in [0.4, 0.5) is 5.69 Å². The van der Waals surface area contributed by atoms with Gasteiger partial charge in [0.15, 0.2) is 11.6 Å². The molecular formula is C14H6Cl3NO2. The summed E-state index contributed by atoms with van der Waals surface area (Å²) in [6, 6.07) is 5.74. The maximum atomic E-state index is 12.5. The molecule has 0 unspecified atom stereocenters. The van der Waals surface area contributed by atoms with E-state index in [-0.39, 0.29) is 54.6 Å². The molecule has 3 rings (SSSR count). The van der Waals surface area contributed by atoms with Gasteiger partial charge in [-0.2, -0.15) is 0 Å². The summed E-state index contributed by atoms with van der Waals surface area (Å²) in [5.74, 6) is -0.765. The largest absolute Gasteiger partial charge is 0.398 e. The first-order chi connectivity index (χ1) is 9.41. The lowest BCUT2D eigenvalue weighted by Gasteiger charge is -2.20. The predicted octanol–water partition coefficient (Wildman–Crippen LogP) is 4.00. The Morgan fingerprint density at radius 2 is 1.25 bits per heavy atom. The summed E-state index contributed by atoms with van der Waals surface area (Å²) in [6.07, 6.45) is 0. The van der Waals surface area contributed by atoms with Gasteiger partial charge >= 0.3 is 0 Å². The van der Waals surface area contributed by atoms with Gasteiger partial charge in [0.1, 0.15) is 0 Å². The Morgan fingerprint density at radius 1 is 0.750 bits per heavy atom. The number of halogens is 3. The summed E-state index contributed by atoms with van der Waals surface area (Å²) in [6.45, 7) is 0. The summed E-state index contributed by atoms with van der Waals surface area (Å²) in [7, 11) is 0. The minimum atomic E-state index is -0.384. The van der Waals surface area contributed by atoms with Gasteiger partial charge < -0.3 is 5.73 Å². The second-order valence-electron chi connectivity index (χ2n) is 4.36. The van der Waals surface area contributed by atoms with Crippen molar-refractivity contribution in [3.05, 3.63) is 61.6 Å². The molecule has 0 bridgehead atoms. The summed E-state index contributed by atoms with van der Waals surface area (Å²) in [4.78, 5) is 25.0. The number of nitrogen functional groups attached to an aromatic ring is 1. The van der Waals surface area contributed by atoms with E-state index in [1.54, 1.807) is 0 Å². The molecule has 0 spiro atoms. The van der Waals surface area contributed by atoms with E-state index in [1.165, 1.54) is 24.3 Å². The second-order valence-corrected chi connectivity index (χ2v) is 5.58. The minimum Gasteiger partial charge on any atom is -0.398 e. The maximum absolute atomic E-state index is 12.5. The van der Waals surface area contributed by atoms with Crippen molar-refractivity contribution >= 4 is 52.1 Å². The lowest BCUT2D eigenvalue weighted by atomic mass is 9.83. The lowest BCUT2D eigenvalue weighted by molar-refractivity contribution is 0.0980. The molecule has 0 fully saturated rings. The van der Waals surface area contributed by atoms with E-state index >= 15 is 0 Å². The Hall–Kier alpha value is -1.55. The summed E-state index contributed by atoms with van der Waals surface area (Å²) in [5.41, 5.74) is 6.61. The zero-order valence-electron chi connectivity index (χ0n) is 9.84. The third kappa shape index (κ3) is 1.74. The van der Waals surface area contributed by atoms with Gasteiger partial charge in [-0.25, -0.2) is 0 Å². The molecule has 1 aliphatic rings. The van der Waals surface area contributed by atoms with E-state index in [1.807, 2.05) is 0 Å². The summed E-state index contributed by atoms with van der Waals surface area (Å²) in [5, 5.41) is 0.593. The van der Waals surface area contributed by atoms with Crippen molar-refractivity contribution in [1.82, 2.24) is 0 Å². The van der Waals surface area contributed by atoms with Crippen molar-refractivity contribution in [1.29, 1.82) is 0 Å². The van der Waals surface area contributed by atoms with Gasteiger partial charge in [-0.15, -0.1) is 0 Å². The van der Waals surface area contributed by atoms with Gasteiger partial charge in [-0.3, -0.25) is 9.59 Å². The highest BCUT2D eigenvalue weighted by atomic mass is 35.5. The van der Waals surface area contributed by atoms with E-state index in [9.17, 15) is 9.59 Å². The van der Waals surface area contributed by atoms with Gasteiger partial charge in [0, 0.05) is 16.8 Å². The number of rotatable bonds is 0. The maximum Gasteiger partial charge on any atom is 0.196 e. The van der Waals surface area contributed by atoms with Crippen LogP contribution in [-0.2, 0) is 0 Å². The van der Waals surface area contributed by atoms with Crippen molar-refractivity contribution in [2.75, 3.05) is 5.73 Å². The van der Waals surface area contributed by atoms with Crippen LogP contribution in [0.5, 0.6) is 0 Å². The average Bonchev–Trinajstić information content (AvgIpc) is 2.41. The van der Waals surface area contributed by atoms with Gasteiger partial charge in [0.2, 0.25) is 0 Å². The van der Waals surface area contributed by atoms with Crippen molar-refractivity contribution in [2.45, 2.75) is 0 Å². The number of hydrogen-bond acceptors (Lipinski definition) is 3. The standard InChI is InChI=1S/C14H6Cl3NO2/c15-7-1-2-10(18)12-11(7)13(19)5-3-8(16)9(17)4-6(5)14(12)20/h1-4H,18H2. The van der Waals surface area contributed by atoms with Gasteiger partial charge in [0.25, 0.3) is 0 Å². The normalized spacial score (nSPS) is 13.2. The van der Waals surface area contributed by atoms with Crippen molar-refractivity contribution in [2.24, 2.45) is 0 Å². The Balaban J connectivity index is 2.40. The van der Waals surface area contributed by atoms with E-state index in [0.717, 1.165) is 0 Å². The van der Waals surface area contributed by atoms with Crippen molar-refractivity contribution < 1.29 is 9.59 Å². The fourth-order valence-electron chi connectivity index (χ4n) is 2.25. The Bertz CT molecular complexity index is 733. The fraction of sp³-hybridized carbons (Fsp3) is 0. The van der Waals surface area contributed by atoms with E-state index in [4.69, 9.17) is 40.5 Å². The van der Waals surface area contributed by atoms with Crippen LogP contribution in [0, 0.1) is 0 Å². The van der Waals surface area contributed by atoms with Crippen LogP contribution in [-0.4, -0.2) is 11.6 Å². The predicted molar refractivity (Wildman–Crippen MR) is 79.2 cm³/mol. The van der Waals surface area contributed by atoms with Crippen LogP contribution in [0.1, 0.15) is 31.8 Å². The van der Waals surface area contributed by atoms with Crippen molar-refractivity contribution in [3.63, 3.8) is 0 Å². The average molecular weight is 327 g/mol. The Morgan fingerprint density at radius 3 is 1.80 bits per heavy atom. The van der Waals surface area contributed by atoms with Crippen LogP contribution >= 0.6 is 34.8 Å². The summed E-state index contributed by atoms with van der Waals surface area (Å²) >= 11 is 17.8. The van der Waals surface area contributed by atoms with Gasteiger partial charge in [-0.05, 0) is 24.3 Å². The van der Waals surface area contributed by atoms with E-state index in [2.05, 4.69) is 0 Å². The zero-order valence-corrected chi connectivity index (χ0v) is 12.1. The smallest absolute Gasteiger partial charge is 0.196 e. The Kier molecular flexibility index (Phi) is 3.01. The van der Waals surface area contributed by atoms with E-state index in [0.29, 0.717) is 0 Å². The Labute approximate surface area is 129 Å². The highest BCUT2D eigenvalue weighted by molar-refractivity contribution is 6.44. The molecule has 3 nitrogen and oxygen atoms in total. The number of carbonyl (C=O) groups is 2. The molecule has 0 aliphatic heterocycles. The number of carbonyl (C=O) groups excluding carboxylic acids is 2. The van der Waals surface area contributed by atoms with Crippen molar-refractivity contribution in [3.8, 4) is 0 Å². The van der Waals surface area contributed by atoms with Crippen LogP contribution in [0.15, 0.2) is 24.3 Å². The number of fused-ring (bicyclic) bond motifs is 2. The molecule has 2 aromatic rings. The third-order valence-electron chi connectivity index (χ3n) is 3.19. The zero-order chi connectivity index (χ0) is 14.6. The van der Waals surface area contributed by atoms with Crippen LogP contribution in [0.25, 0.3) is 0 Å². The number of anilines is 1.